The number of thiazole rings is 1. The summed E-state index contributed by atoms with van der Waals surface area (Å²) in [5, 5.41) is 13.0. The number of aromatic nitrogens is 1. The van der Waals surface area contributed by atoms with Crippen LogP contribution in [0.25, 0.3) is 10.6 Å². The van der Waals surface area contributed by atoms with Crippen LogP contribution in [0.15, 0.2) is 162 Å². The van der Waals surface area contributed by atoms with Gasteiger partial charge in [0.05, 0.1) is 49.2 Å². The summed E-state index contributed by atoms with van der Waals surface area (Å²) >= 11 is 8.39. The molecule has 0 bridgehead atoms. The molecule has 0 aliphatic carbocycles. The molecule has 1 fully saturated rings. The van der Waals surface area contributed by atoms with Crippen molar-refractivity contribution in [3.63, 3.8) is 0 Å². The highest BCUT2D eigenvalue weighted by Crippen LogP contribution is 2.43. The summed E-state index contributed by atoms with van der Waals surface area (Å²) < 4.78 is 39.7. The van der Waals surface area contributed by atoms with Gasteiger partial charge in [-0.15, -0.1) is 11.3 Å². The lowest BCUT2D eigenvalue weighted by Gasteiger charge is -2.46. The number of phenolic OH excluding ortho intramolecular Hbond substituents is 1. The average Bonchev–Trinajstić information content (AvgIpc) is 3.98. The number of phenols is 1. The maximum absolute atomic E-state index is 11.7. The lowest BCUT2D eigenvalue weighted by Crippen LogP contribution is -2.58. The first-order chi connectivity index (χ1) is 28.6. The molecule has 5 atom stereocenters. The van der Waals surface area contributed by atoms with Gasteiger partial charge in [0.15, 0.2) is 0 Å². The zero-order chi connectivity index (χ0) is 39.5. The Morgan fingerprint density at radius 1 is 0.638 bits per heavy atom. The minimum atomic E-state index is -0.808. The van der Waals surface area contributed by atoms with Crippen molar-refractivity contribution in [3.05, 3.63) is 201 Å². The molecule has 0 radical (unpaired) electrons. The minimum Gasteiger partial charge on any atom is -0.508 e. The summed E-state index contributed by atoms with van der Waals surface area (Å²) in [6, 6.07) is 47.3. The maximum Gasteiger partial charge on any atom is 0.145 e. The predicted molar refractivity (Wildman–Crippen MR) is 225 cm³/mol. The van der Waals surface area contributed by atoms with Crippen molar-refractivity contribution < 1.29 is 33.2 Å². The van der Waals surface area contributed by atoms with Crippen molar-refractivity contribution in [2.45, 2.75) is 63.4 Å². The summed E-state index contributed by atoms with van der Waals surface area (Å²) in [5.74, 6) is 0.734. The van der Waals surface area contributed by atoms with Crippen LogP contribution in [-0.4, -0.2) is 41.1 Å². The summed E-state index contributed by atoms with van der Waals surface area (Å²) in [6.07, 6.45) is 0.426. The van der Waals surface area contributed by atoms with Crippen molar-refractivity contribution in [3.8, 4) is 16.4 Å². The molecule has 0 unspecified atom stereocenters. The van der Waals surface area contributed by atoms with Crippen molar-refractivity contribution in [2.75, 3.05) is 6.61 Å². The van der Waals surface area contributed by atoms with Crippen molar-refractivity contribution in [2.24, 2.45) is 0 Å². The molecule has 3 heterocycles. The molecule has 8 nitrogen and oxygen atoms in total. The molecule has 10 heteroatoms. The number of halogens is 1. The molecule has 5 aromatic carbocycles. The minimum absolute atomic E-state index is 0.0168. The number of rotatable bonds is 17. The van der Waals surface area contributed by atoms with Crippen LogP contribution in [-0.2, 0) is 56.5 Å². The van der Waals surface area contributed by atoms with E-state index in [2.05, 4.69) is 4.98 Å². The molecule has 0 spiro atoms. The van der Waals surface area contributed by atoms with E-state index in [9.17, 15) is 5.11 Å². The number of nitrogens with zero attached hydrogens (tertiary/aromatic N) is 1. The Labute approximate surface area is 347 Å². The van der Waals surface area contributed by atoms with Crippen molar-refractivity contribution in [1.29, 1.82) is 0 Å². The summed E-state index contributed by atoms with van der Waals surface area (Å²) in [5.41, 5.74) is 5.32. The van der Waals surface area contributed by atoms with E-state index in [1.807, 2.05) is 140 Å². The van der Waals surface area contributed by atoms with Gasteiger partial charge in [0.25, 0.3) is 0 Å². The Morgan fingerprint density at radius 2 is 1.19 bits per heavy atom. The third-order valence-corrected chi connectivity index (χ3v) is 11.4. The predicted octanol–water partition coefficient (Wildman–Crippen LogP) is 10.8. The first-order valence-corrected chi connectivity index (χ1v) is 20.5. The second-order valence-corrected chi connectivity index (χ2v) is 15.7. The van der Waals surface area contributed by atoms with Gasteiger partial charge < -0.3 is 33.2 Å². The van der Waals surface area contributed by atoms with Crippen LogP contribution >= 0.6 is 22.9 Å². The molecule has 1 aliphatic rings. The number of aromatic hydroxyl groups is 1. The molecule has 7 aromatic rings. The zero-order valence-electron chi connectivity index (χ0n) is 31.8. The van der Waals surface area contributed by atoms with E-state index >= 15 is 0 Å². The van der Waals surface area contributed by atoms with Crippen LogP contribution in [0.1, 0.15) is 44.5 Å². The Kier molecular flexibility index (Phi) is 13.4. The number of benzene rings is 5. The van der Waals surface area contributed by atoms with Crippen LogP contribution < -0.4 is 0 Å². The molecular formula is C48H44ClNO7S. The van der Waals surface area contributed by atoms with Gasteiger partial charge in [0, 0.05) is 23.2 Å². The average molecular weight is 814 g/mol. The highest BCUT2D eigenvalue weighted by Gasteiger charge is 2.49. The first-order valence-electron chi connectivity index (χ1n) is 19.3. The summed E-state index contributed by atoms with van der Waals surface area (Å²) in [6.45, 7) is 1.45. The Morgan fingerprint density at radius 3 is 1.76 bits per heavy atom. The number of furan rings is 1. The third-order valence-electron chi connectivity index (χ3n) is 10.0. The summed E-state index contributed by atoms with van der Waals surface area (Å²) in [4.78, 5) is 5.59. The fourth-order valence-corrected chi connectivity index (χ4v) is 8.25. The van der Waals surface area contributed by atoms with Gasteiger partial charge in [-0.1, -0.05) is 133 Å². The van der Waals surface area contributed by atoms with Crippen molar-refractivity contribution in [1.82, 2.24) is 4.98 Å². The first kappa shape index (κ1) is 39.7. The molecule has 8 rings (SSSR count). The van der Waals surface area contributed by atoms with Gasteiger partial charge in [0.2, 0.25) is 0 Å². The van der Waals surface area contributed by atoms with Gasteiger partial charge in [0.1, 0.15) is 42.0 Å². The largest absolute Gasteiger partial charge is 0.508 e. The lowest BCUT2D eigenvalue weighted by atomic mass is 9.89. The van der Waals surface area contributed by atoms with Gasteiger partial charge in [-0.25, -0.2) is 4.98 Å². The van der Waals surface area contributed by atoms with Gasteiger partial charge in [-0.05, 0) is 52.1 Å². The van der Waals surface area contributed by atoms with E-state index in [4.69, 9.17) is 39.7 Å². The number of hydrogen-bond donors (Lipinski definition) is 1. The molecule has 0 amide bonds. The van der Waals surface area contributed by atoms with E-state index in [-0.39, 0.29) is 19.0 Å². The van der Waals surface area contributed by atoms with Gasteiger partial charge in [-0.3, -0.25) is 0 Å². The Balaban J connectivity index is 1.17. The molecule has 1 aliphatic heterocycles. The molecule has 2 aromatic heterocycles. The van der Waals surface area contributed by atoms with Crippen LogP contribution in [0.4, 0.5) is 0 Å². The summed E-state index contributed by atoms with van der Waals surface area (Å²) in [7, 11) is 0. The molecule has 1 saturated heterocycles. The molecular weight excluding hydrogens is 770 g/mol. The van der Waals surface area contributed by atoms with Crippen LogP contribution in [0.2, 0.25) is 5.02 Å². The number of ether oxygens (including phenoxy) is 5. The number of hydrogen-bond acceptors (Lipinski definition) is 9. The molecule has 58 heavy (non-hydrogen) atoms. The Hall–Kier alpha value is -5.10. The van der Waals surface area contributed by atoms with E-state index < -0.39 is 30.5 Å². The molecule has 1 N–H and O–H groups in total. The highest BCUT2D eigenvalue weighted by molar-refractivity contribution is 7.15. The standard InChI is InChI=1S/C48H44ClNO7S/c49-39-26-40(51)38(24-37(39)25-44-50-27-43(58-44)41-22-13-23-53-41)45-47(55-30-35-18-9-3-10-19-35)48(56-31-36-20-11-4-12-21-36)46(54-29-34-16-7-2-8-17-34)42(57-45)32-52-28-33-14-5-1-6-15-33/h1-24,26-27,42,45-48,51H,25,28-32H2/t42-,45+,46-,47+,48+/m1/s1. The second-order valence-electron chi connectivity index (χ2n) is 14.2. The van der Waals surface area contributed by atoms with E-state index in [1.165, 1.54) is 11.3 Å². The van der Waals surface area contributed by atoms with E-state index in [0.29, 0.717) is 36.8 Å². The second kappa shape index (κ2) is 19.6. The van der Waals surface area contributed by atoms with Crippen LogP contribution in [0.3, 0.4) is 0 Å². The lowest BCUT2D eigenvalue weighted by molar-refractivity contribution is -0.275. The normalized spacial score (nSPS) is 19.3. The maximum atomic E-state index is 11.7. The molecule has 0 saturated carbocycles. The quantitative estimate of drug-likeness (QED) is 0.0972. The SMILES string of the molecule is Oc1cc(Cl)c(Cc2ncc(-c3ccco3)s2)cc1[C@@H]1O[C@H](COCc2ccccc2)[C@@H](OCc2ccccc2)[C@H](OCc2ccccc2)[C@H]1OCc1ccccc1. The van der Waals surface area contributed by atoms with Gasteiger partial charge >= 0.3 is 0 Å². The fourth-order valence-electron chi connectivity index (χ4n) is 7.12. The smallest absolute Gasteiger partial charge is 0.145 e. The van der Waals surface area contributed by atoms with Crippen molar-refractivity contribution >= 4 is 22.9 Å². The Bertz CT molecular complexity index is 2290. The zero-order valence-corrected chi connectivity index (χ0v) is 33.3. The van der Waals surface area contributed by atoms with Crippen LogP contribution in [0, 0.1) is 0 Å². The van der Waals surface area contributed by atoms with Gasteiger partial charge in [-0.2, -0.15) is 0 Å². The van der Waals surface area contributed by atoms with Crippen LogP contribution in [0.5, 0.6) is 5.75 Å². The van der Waals surface area contributed by atoms with E-state index in [1.54, 1.807) is 18.5 Å². The fraction of sp³-hybridized carbons (Fsp3) is 0.229. The monoisotopic (exact) mass is 813 g/mol. The third kappa shape index (κ3) is 10.1. The highest BCUT2D eigenvalue weighted by atomic mass is 35.5. The molecule has 296 valence electrons. The van der Waals surface area contributed by atoms with E-state index in [0.717, 1.165) is 43.5 Å². The topological polar surface area (TPSA) is 92.4 Å².